The summed E-state index contributed by atoms with van der Waals surface area (Å²) in [5, 5.41) is 9.62. The number of nitrogens with one attached hydrogen (secondary N) is 1. The lowest BCUT2D eigenvalue weighted by Gasteiger charge is -2.07. The van der Waals surface area contributed by atoms with Crippen molar-refractivity contribution in [2.75, 3.05) is 6.26 Å². The second-order valence-electron chi connectivity index (χ2n) is 5.13. The van der Waals surface area contributed by atoms with Crippen molar-refractivity contribution in [3.63, 3.8) is 0 Å². The Bertz CT molecular complexity index is 848. The average Bonchev–Trinajstić information content (AvgIpc) is 3.39. The number of hydrogen-bond donors (Lipinski definition) is 1. The molecular formula is C16H13N3O3S. The molecule has 0 amide bonds. The van der Waals surface area contributed by atoms with E-state index in [9.17, 15) is 14.9 Å². The van der Waals surface area contributed by atoms with Crippen LogP contribution in [0, 0.1) is 17.2 Å². The summed E-state index contributed by atoms with van der Waals surface area (Å²) >= 11 is 1.29. The lowest BCUT2D eigenvalue weighted by Crippen LogP contribution is -2.14. The maximum absolute atomic E-state index is 11.9. The van der Waals surface area contributed by atoms with Crippen LogP contribution in [0.2, 0.25) is 0 Å². The van der Waals surface area contributed by atoms with Gasteiger partial charge in [-0.2, -0.15) is 5.26 Å². The number of hydrogen-bond acceptors (Lipinski definition) is 6. The number of esters is 1. The summed E-state index contributed by atoms with van der Waals surface area (Å²) < 4.78 is 5.26. The molecule has 0 atom stereocenters. The van der Waals surface area contributed by atoms with Crippen LogP contribution < -0.4 is 10.3 Å². The van der Waals surface area contributed by atoms with Crippen LogP contribution in [0.4, 0.5) is 0 Å². The van der Waals surface area contributed by atoms with Gasteiger partial charge in [0.2, 0.25) is 0 Å². The fourth-order valence-corrected chi connectivity index (χ4v) is 2.44. The first kappa shape index (κ1) is 15.3. The number of ether oxygens (including phenoxy) is 1. The van der Waals surface area contributed by atoms with Crippen molar-refractivity contribution in [3.8, 4) is 23.1 Å². The van der Waals surface area contributed by atoms with Crippen molar-refractivity contribution < 1.29 is 9.53 Å². The van der Waals surface area contributed by atoms with E-state index in [2.05, 4.69) is 9.97 Å². The quantitative estimate of drug-likeness (QED) is 0.401. The largest absolute Gasteiger partial charge is 0.426 e. The first-order chi connectivity index (χ1) is 11.1. The predicted octanol–water partition coefficient (Wildman–Crippen LogP) is 2.35. The second kappa shape index (κ2) is 6.26. The molecule has 1 heterocycles. The molecule has 0 spiro atoms. The van der Waals surface area contributed by atoms with E-state index in [-0.39, 0.29) is 17.5 Å². The lowest BCUT2D eigenvalue weighted by atomic mass is 10.1. The van der Waals surface area contributed by atoms with Gasteiger partial charge in [0.15, 0.2) is 5.16 Å². The molecule has 0 aliphatic heterocycles. The Morgan fingerprint density at radius 1 is 1.39 bits per heavy atom. The van der Waals surface area contributed by atoms with E-state index in [4.69, 9.17) is 4.74 Å². The lowest BCUT2D eigenvalue weighted by molar-refractivity contribution is -0.135. The smallest absolute Gasteiger partial charge is 0.314 e. The van der Waals surface area contributed by atoms with Gasteiger partial charge in [0.25, 0.3) is 5.56 Å². The number of nitrogens with zero attached hydrogens (tertiary/aromatic N) is 2. The summed E-state index contributed by atoms with van der Waals surface area (Å²) in [6.45, 7) is 0. The molecule has 7 heteroatoms. The first-order valence-corrected chi connectivity index (χ1v) is 8.25. The SMILES string of the molecule is CSc1nc(-c2ccc(OC(=O)C3CC3)cc2)c(C#N)c(=O)[nH]1. The zero-order chi connectivity index (χ0) is 16.4. The summed E-state index contributed by atoms with van der Waals surface area (Å²) in [6.07, 6.45) is 3.56. The van der Waals surface area contributed by atoms with Gasteiger partial charge in [-0.05, 0) is 43.4 Å². The third-order valence-corrected chi connectivity index (χ3v) is 4.04. The highest BCUT2D eigenvalue weighted by molar-refractivity contribution is 7.98. The van der Waals surface area contributed by atoms with E-state index in [1.807, 2.05) is 6.07 Å². The molecule has 1 aromatic carbocycles. The van der Waals surface area contributed by atoms with Gasteiger partial charge in [-0.3, -0.25) is 9.59 Å². The van der Waals surface area contributed by atoms with Gasteiger partial charge in [0.1, 0.15) is 17.4 Å². The Kier molecular flexibility index (Phi) is 4.17. The molecule has 1 aromatic heterocycles. The van der Waals surface area contributed by atoms with Crippen LogP contribution in [-0.2, 0) is 4.79 Å². The zero-order valence-corrected chi connectivity index (χ0v) is 13.1. The van der Waals surface area contributed by atoms with Crippen molar-refractivity contribution in [3.05, 3.63) is 40.2 Å². The van der Waals surface area contributed by atoms with Crippen molar-refractivity contribution >= 4 is 17.7 Å². The van der Waals surface area contributed by atoms with Gasteiger partial charge in [0, 0.05) is 5.56 Å². The Balaban J connectivity index is 1.92. The molecule has 1 N–H and O–H groups in total. The van der Waals surface area contributed by atoms with E-state index in [1.165, 1.54) is 11.8 Å². The molecule has 1 saturated carbocycles. The molecular weight excluding hydrogens is 314 g/mol. The van der Waals surface area contributed by atoms with E-state index >= 15 is 0 Å². The van der Waals surface area contributed by atoms with Crippen LogP contribution >= 0.6 is 11.8 Å². The van der Waals surface area contributed by atoms with Crippen LogP contribution in [0.25, 0.3) is 11.3 Å². The Morgan fingerprint density at radius 3 is 2.65 bits per heavy atom. The van der Waals surface area contributed by atoms with Crippen LogP contribution in [0.3, 0.4) is 0 Å². The highest BCUT2D eigenvalue weighted by Crippen LogP contribution is 2.31. The number of rotatable bonds is 4. The monoisotopic (exact) mass is 327 g/mol. The molecule has 1 fully saturated rings. The van der Waals surface area contributed by atoms with Gasteiger partial charge in [-0.15, -0.1) is 0 Å². The average molecular weight is 327 g/mol. The molecule has 1 aliphatic rings. The van der Waals surface area contributed by atoms with Crippen molar-refractivity contribution in [2.45, 2.75) is 18.0 Å². The van der Waals surface area contributed by atoms with E-state index in [1.54, 1.807) is 30.5 Å². The molecule has 0 bridgehead atoms. The van der Waals surface area contributed by atoms with E-state index in [0.717, 1.165) is 12.8 Å². The minimum absolute atomic E-state index is 0.0263. The van der Waals surface area contributed by atoms with Crippen LogP contribution in [-0.4, -0.2) is 22.2 Å². The Morgan fingerprint density at radius 2 is 2.09 bits per heavy atom. The van der Waals surface area contributed by atoms with Gasteiger partial charge in [-0.1, -0.05) is 11.8 Å². The van der Waals surface area contributed by atoms with Gasteiger partial charge >= 0.3 is 5.97 Å². The first-order valence-electron chi connectivity index (χ1n) is 7.03. The van der Waals surface area contributed by atoms with E-state index in [0.29, 0.717) is 22.2 Å². The maximum atomic E-state index is 11.9. The van der Waals surface area contributed by atoms with Gasteiger partial charge in [0.05, 0.1) is 11.6 Å². The fourth-order valence-electron chi connectivity index (χ4n) is 2.06. The highest BCUT2D eigenvalue weighted by atomic mass is 32.2. The molecule has 3 rings (SSSR count). The summed E-state index contributed by atoms with van der Waals surface area (Å²) in [7, 11) is 0. The van der Waals surface area contributed by atoms with Crippen molar-refractivity contribution in [1.29, 1.82) is 5.26 Å². The number of aromatic nitrogens is 2. The number of nitriles is 1. The Labute approximate surface area is 136 Å². The number of thioether (sulfide) groups is 1. The molecule has 6 nitrogen and oxygen atoms in total. The highest BCUT2D eigenvalue weighted by Gasteiger charge is 2.31. The second-order valence-corrected chi connectivity index (χ2v) is 5.93. The molecule has 1 aliphatic carbocycles. The minimum atomic E-state index is -0.467. The van der Waals surface area contributed by atoms with Crippen LogP contribution in [0.15, 0.2) is 34.2 Å². The number of aromatic amines is 1. The van der Waals surface area contributed by atoms with Gasteiger partial charge in [-0.25, -0.2) is 4.98 Å². The molecule has 23 heavy (non-hydrogen) atoms. The normalized spacial score (nSPS) is 13.4. The molecule has 0 unspecified atom stereocenters. The topological polar surface area (TPSA) is 95.8 Å². The molecule has 116 valence electrons. The third-order valence-electron chi connectivity index (χ3n) is 3.46. The standard InChI is InChI=1S/C16H13N3O3S/c1-23-16-18-13(12(8-17)14(20)19-16)9-4-6-11(7-5-9)22-15(21)10-2-3-10/h4-7,10H,2-3H2,1H3,(H,18,19,20). The van der Waals surface area contributed by atoms with Crippen molar-refractivity contribution in [2.24, 2.45) is 5.92 Å². The summed E-state index contributed by atoms with van der Waals surface area (Å²) in [5.41, 5.74) is 0.437. The fraction of sp³-hybridized carbons (Fsp3) is 0.250. The van der Waals surface area contributed by atoms with Crippen molar-refractivity contribution in [1.82, 2.24) is 9.97 Å². The molecule has 0 radical (unpaired) electrons. The summed E-state index contributed by atoms with van der Waals surface area (Å²) in [6, 6.07) is 8.52. The molecule has 0 saturated heterocycles. The maximum Gasteiger partial charge on any atom is 0.314 e. The molecule has 2 aromatic rings. The summed E-state index contributed by atoms with van der Waals surface area (Å²) in [5.74, 6) is 0.256. The van der Waals surface area contributed by atoms with Gasteiger partial charge < -0.3 is 9.72 Å². The number of benzene rings is 1. The minimum Gasteiger partial charge on any atom is -0.426 e. The zero-order valence-electron chi connectivity index (χ0n) is 12.3. The number of carbonyl (C=O) groups is 1. The Hall–Kier alpha value is -2.59. The third kappa shape index (κ3) is 3.27. The van der Waals surface area contributed by atoms with E-state index < -0.39 is 5.56 Å². The van der Waals surface area contributed by atoms with Crippen LogP contribution in [0.1, 0.15) is 18.4 Å². The number of carbonyl (C=O) groups excluding carboxylic acids is 1. The number of H-pyrrole nitrogens is 1. The van der Waals surface area contributed by atoms with Crippen LogP contribution in [0.5, 0.6) is 5.75 Å². The predicted molar refractivity (Wildman–Crippen MR) is 85.1 cm³/mol. The summed E-state index contributed by atoms with van der Waals surface area (Å²) in [4.78, 5) is 30.4.